The number of aromatic carboxylic acids is 1. The van der Waals surface area contributed by atoms with E-state index in [1.165, 1.54) is 12.1 Å². The molecule has 3 nitrogen and oxygen atoms in total. The third-order valence-electron chi connectivity index (χ3n) is 1.39. The van der Waals surface area contributed by atoms with Gasteiger partial charge in [0, 0.05) is 5.02 Å². The summed E-state index contributed by atoms with van der Waals surface area (Å²) in [6.45, 7) is 0. The van der Waals surface area contributed by atoms with Crippen LogP contribution in [0.25, 0.3) is 0 Å². The number of benzene rings is 1. The van der Waals surface area contributed by atoms with E-state index in [2.05, 4.69) is 0 Å². The van der Waals surface area contributed by atoms with E-state index in [1.807, 2.05) is 0 Å². The minimum Gasteiger partial charge on any atom is -0.478 e. The number of carboxylic acids is 1. The zero-order chi connectivity index (χ0) is 10.0. The number of hydrogen-bond donors (Lipinski definition) is 1. The van der Waals surface area contributed by atoms with Crippen LogP contribution in [0.5, 0.6) is 0 Å². The molecule has 0 aliphatic heterocycles. The Morgan fingerprint density at radius 1 is 1.46 bits per heavy atom. The van der Waals surface area contributed by atoms with Gasteiger partial charge in [-0.3, -0.25) is 0 Å². The summed E-state index contributed by atoms with van der Waals surface area (Å²) in [6, 6.07) is 4.25. The average molecular weight is 216 g/mol. The van der Waals surface area contributed by atoms with Crippen LogP contribution in [0.4, 0.5) is 0 Å². The van der Waals surface area contributed by atoms with Crippen LogP contribution in [0.1, 0.15) is 15.9 Å². The second kappa shape index (κ2) is 3.65. The highest BCUT2D eigenvalue weighted by molar-refractivity contribution is 6.36. The van der Waals surface area contributed by atoms with Crippen LogP contribution in [0.2, 0.25) is 10.0 Å². The van der Waals surface area contributed by atoms with Crippen molar-refractivity contribution in [1.82, 2.24) is 0 Å². The Hall–Kier alpha value is -1.24. The van der Waals surface area contributed by atoms with Crippen molar-refractivity contribution < 1.29 is 9.90 Å². The van der Waals surface area contributed by atoms with Crippen LogP contribution >= 0.6 is 23.2 Å². The van der Waals surface area contributed by atoms with Crippen molar-refractivity contribution in [2.75, 3.05) is 0 Å². The molecule has 0 aromatic heterocycles. The lowest BCUT2D eigenvalue weighted by molar-refractivity contribution is 0.0697. The Bertz CT molecular complexity index is 409. The Morgan fingerprint density at radius 3 is 2.54 bits per heavy atom. The highest BCUT2D eigenvalue weighted by Crippen LogP contribution is 2.24. The van der Waals surface area contributed by atoms with Gasteiger partial charge < -0.3 is 5.11 Å². The van der Waals surface area contributed by atoms with Gasteiger partial charge in [-0.15, -0.1) is 0 Å². The average Bonchev–Trinajstić information content (AvgIpc) is 2.01. The summed E-state index contributed by atoms with van der Waals surface area (Å²) < 4.78 is 0. The van der Waals surface area contributed by atoms with E-state index in [0.29, 0.717) is 0 Å². The number of nitrogens with zero attached hydrogens (tertiary/aromatic N) is 1. The Labute approximate surface area is 84.1 Å². The molecule has 1 rings (SSSR count). The maximum atomic E-state index is 10.6. The quantitative estimate of drug-likeness (QED) is 0.784. The summed E-state index contributed by atoms with van der Waals surface area (Å²) in [7, 11) is 0. The van der Waals surface area contributed by atoms with Gasteiger partial charge in [0.2, 0.25) is 0 Å². The van der Waals surface area contributed by atoms with Crippen molar-refractivity contribution in [2.45, 2.75) is 0 Å². The molecule has 0 heterocycles. The SMILES string of the molecule is N#Cc1cc(Cl)cc(Cl)c1C(=O)O. The molecule has 0 amide bonds. The van der Waals surface area contributed by atoms with Crippen molar-refractivity contribution in [3.8, 4) is 6.07 Å². The van der Waals surface area contributed by atoms with E-state index >= 15 is 0 Å². The highest BCUT2D eigenvalue weighted by atomic mass is 35.5. The standard InChI is InChI=1S/C8H3Cl2NO2/c9-5-1-4(3-11)7(8(12)13)6(10)2-5/h1-2H,(H,12,13). The molecule has 0 aliphatic rings. The largest absolute Gasteiger partial charge is 0.478 e. The molecule has 0 bridgehead atoms. The van der Waals surface area contributed by atoms with Crippen molar-refractivity contribution in [1.29, 1.82) is 5.26 Å². The molecule has 1 aromatic carbocycles. The predicted molar refractivity (Wildman–Crippen MR) is 48.1 cm³/mol. The number of hydrogen-bond acceptors (Lipinski definition) is 2. The minimum absolute atomic E-state index is 0.0310. The number of nitriles is 1. The first-order chi connectivity index (χ1) is 6.06. The molecule has 1 aromatic rings. The van der Waals surface area contributed by atoms with Crippen molar-refractivity contribution in [2.24, 2.45) is 0 Å². The molecule has 13 heavy (non-hydrogen) atoms. The zero-order valence-corrected chi connectivity index (χ0v) is 7.73. The van der Waals surface area contributed by atoms with Crippen LogP contribution in [0, 0.1) is 11.3 Å². The second-order valence-electron chi connectivity index (χ2n) is 2.23. The minimum atomic E-state index is -1.24. The van der Waals surface area contributed by atoms with Crippen molar-refractivity contribution in [3.63, 3.8) is 0 Å². The fourth-order valence-electron chi connectivity index (χ4n) is 0.879. The summed E-state index contributed by atoms with van der Waals surface area (Å²) in [5.41, 5.74) is -0.251. The van der Waals surface area contributed by atoms with E-state index < -0.39 is 5.97 Å². The lowest BCUT2D eigenvalue weighted by Gasteiger charge is -2.01. The maximum Gasteiger partial charge on any atom is 0.338 e. The van der Waals surface area contributed by atoms with Gasteiger partial charge in [0.1, 0.15) is 6.07 Å². The monoisotopic (exact) mass is 215 g/mol. The van der Waals surface area contributed by atoms with E-state index in [-0.39, 0.29) is 21.2 Å². The number of carbonyl (C=O) groups is 1. The number of carboxylic acid groups (broad SMARTS) is 1. The summed E-state index contributed by atoms with van der Waals surface area (Å²) in [5, 5.41) is 17.5. The summed E-state index contributed by atoms with van der Waals surface area (Å²) >= 11 is 11.2. The molecular formula is C8H3Cl2NO2. The van der Waals surface area contributed by atoms with E-state index in [0.717, 1.165) is 0 Å². The summed E-state index contributed by atoms with van der Waals surface area (Å²) in [6.07, 6.45) is 0. The van der Waals surface area contributed by atoms with E-state index in [1.54, 1.807) is 6.07 Å². The Kier molecular flexibility index (Phi) is 2.76. The molecule has 0 atom stereocenters. The second-order valence-corrected chi connectivity index (χ2v) is 3.07. The van der Waals surface area contributed by atoms with Gasteiger partial charge in [0.05, 0.1) is 16.1 Å². The van der Waals surface area contributed by atoms with Gasteiger partial charge >= 0.3 is 5.97 Å². The van der Waals surface area contributed by atoms with Crippen LogP contribution in [0.15, 0.2) is 12.1 Å². The molecule has 0 fully saturated rings. The van der Waals surface area contributed by atoms with Gasteiger partial charge in [-0.05, 0) is 12.1 Å². The summed E-state index contributed by atoms with van der Waals surface area (Å²) in [4.78, 5) is 10.6. The molecule has 0 saturated carbocycles. The topological polar surface area (TPSA) is 61.1 Å². The lowest BCUT2D eigenvalue weighted by Crippen LogP contribution is -2.01. The van der Waals surface area contributed by atoms with Crippen LogP contribution < -0.4 is 0 Å². The third kappa shape index (κ3) is 1.92. The zero-order valence-electron chi connectivity index (χ0n) is 6.21. The molecule has 5 heteroatoms. The van der Waals surface area contributed by atoms with Gasteiger partial charge in [0.25, 0.3) is 0 Å². The van der Waals surface area contributed by atoms with Crippen LogP contribution in [-0.4, -0.2) is 11.1 Å². The van der Waals surface area contributed by atoms with Crippen molar-refractivity contribution in [3.05, 3.63) is 33.3 Å². The predicted octanol–water partition coefficient (Wildman–Crippen LogP) is 2.56. The summed E-state index contributed by atoms with van der Waals surface area (Å²) in [5.74, 6) is -1.24. The molecule has 0 aliphatic carbocycles. The van der Waals surface area contributed by atoms with E-state index in [4.69, 9.17) is 33.6 Å². The molecule has 0 radical (unpaired) electrons. The fraction of sp³-hybridized carbons (Fsp3) is 0. The normalized spacial score (nSPS) is 9.31. The Balaban J connectivity index is 3.50. The lowest BCUT2D eigenvalue weighted by atomic mass is 10.1. The number of halogens is 2. The molecule has 1 N–H and O–H groups in total. The molecular weight excluding hydrogens is 213 g/mol. The van der Waals surface area contributed by atoms with Gasteiger partial charge in [-0.25, -0.2) is 4.79 Å². The van der Waals surface area contributed by atoms with Gasteiger partial charge in [-0.2, -0.15) is 5.26 Å². The van der Waals surface area contributed by atoms with Gasteiger partial charge in [-0.1, -0.05) is 23.2 Å². The maximum absolute atomic E-state index is 10.6. The fourth-order valence-corrected chi connectivity index (χ4v) is 1.45. The molecule has 0 unspecified atom stereocenters. The van der Waals surface area contributed by atoms with Crippen LogP contribution in [0.3, 0.4) is 0 Å². The molecule has 0 spiro atoms. The molecule has 66 valence electrons. The first kappa shape index (κ1) is 9.85. The Morgan fingerprint density at radius 2 is 2.08 bits per heavy atom. The molecule has 0 saturated heterocycles. The van der Waals surface area contributed by atoms with Gasteiger partial charge in [0.15, 0.2) is 0 Å². The highest BCUT2D eigenvalue weighted by Gasteiger charge is 2.15. The third-order valence-corrected chi connectivity index (χ3v) is 1.91. The smallest absolute Gasteiger partial charge is 0.338 e. The first-order valence-electron chi connectivity index (χ1n) is 3.18. The van der Waals surface area contributed by atoms with Crippen LogP contribution in [-0.2, 0) is 0 Å². The first-order valence-corrected chi connectivity index (χ1v) is 3.94. The van der Waals surface area contributed by atoms with E-state index in [9.17, 15) is 4.79 Å². The number of rotatable bonds is 1. The van der Waals surface area contributed by atoms with Crippen molar-refractivity contribution >= 4 is 29.2 Å².